The second-order valence-corrected chi connectivity index (χ2v) is 3.37. The quantitative estimate of drug-likeness (QED) is 0.736. The van der Waals surface area contributed by atoms with Gasteiger partial charge in [0.1, 0.15) is 23.7 Å². The Kier molecular flexibility index (Phi) is 3.68. The zero-order valence-corrected chi connectivity index (χ0v) is 8.73. The first-order chi connectivity index (χ1) is 7.02. The van der Waals surface area contributed by atoms with E-state index in [4.69, 9.17) is 9.84 Å². The van der Waals surface area contributed by atoms with E-state index in [-0.39, 0.29) is 23.7 Å². The first-order valence-corrected chi connectivity index (χ1v) is 4.66. The Morgan fingerprint density at radius 2 is 2.20 bits per heavy atom. The summed E-state index contributed by atoms with van der Waals surface area (Å²) in [7, 11) is 0. The predicted octanol–water partition coefficient (Wildman–Crippen LogP) is 1.35. The second-order valence-electron chi connectivity index (χ2n) is 3.37. The Hall–Kier alpha value is -1.55. The molecule has 0 aliphatic rings. The van der Waals surface area contributed by atoms with E-state index in [1.807, 2.05) is 0 Å². The van der Waals surface area contributed by atoms with Gasteiger partial charge >= 0.3 is 0 Å². The van der Waals surface area contributed by atoms with Crippen LogP contribution in [-0.4, -0.2) is 28.7 Å². The molecule has 82 valence electrons. The number of phenols is 1. The average molecular weight is 210 g/mol. The topological polar surface area (TPSA) is 66.8 Å². The van der Waals surface area contributed by atoms with E-state index in [0.717, 1.165) is 0 Å². The molecule has 0 bridgehead atoms. The highest BCUT2D eigenvalue weighted by Gasteiger charge is 2.13. The molecule has 0 amide bonds. The number of Topliss-reactive ketones (excluding diaryl/α,β-unsaturated/α-hetero) is 1. The minimum absolute atomic E-state index is 0.0870. The summed E-state index contributed by atoms with van der Waals surface area (Å²) >= 11 is 0. The molecular weight excluding hydrogens is 196 g/mol. The van der Waals surface area contributed by atoms with Gasteiger partial charge in [0, 0.05) is 0 Å². The molecule has 0 spiro atoms. The van der Waals surface area contributed by atoms with Crippen LogP contribution in [0.2, 0.25) is 0 Å². The van der Waals surface area contributed by atoms with Gasteiger partial charge in [-0.3, -0.25) is 4.79 Å². The number of aliphatic hydroxyl groups is 1. The van der Waals surface area contributed by atoms with E-state index < -0.39 is 6.10 Å². The zero-order valence-electron chi connectivity index (χ0n) is 8.73. The molecule has 1 aromatic rings. The maximum atomic E-state index is 11.2. The Morgan fingerprint density at radius 3 is 2.73 bits per heavy atom. The van der Waals surface area contributed by atoms with E-state index in [0.29, 0.717) is 5.75 Å². The molecule has 0 saturated heterocycles. The predicted molar refractivity (Wildman–Crippen MR) is 55.3 cm³/mol. The monoisotopic (exact) mass is 210 g/mol. The lowest BCUT2D eigenvalue weighted by Crippen LogP contribution is -2.14. The number of carbonyl (C=O) groups excluding carboxylic acids is 1. The number of aliphatic hydroxyl groups excluding tert-OH is 1. The maximum absolute atomic E-state index is 11.2. The van der Waals surface area contributed by atoms with E-state index in [1.165, 1.54) is 13.0 Å². The van der Waals surface area contributed by atoms with Gasteiger partial charge in [0.25, 0.3) is 0 Å². The number of rotatable bonds is 4. The van der Waals surface area contributed by atoms with E-state index in [1.54, 1.807) is 19.1 Å². The minimum atomic E-state index is -0.618. The molecule has 1 rings (SSSR count). The lowest BCUT2D eigenvalue weighted by atomic mass is 10.1. The van der Waals surface area contributed by atoms with Crippen molar-refractivity contribution in [1.29, 1.82) is 0 Å². The van der Waals surface area contributed by atoms with Gasteiger partial charge in [-0.15, -0.1) is 0 Å². The van der Waals surface area contributed by atoms with Crippen LogP contribution in [0.5, 0.6) is 11.5 Å². The van der Waals surface area contributed by atoms with Gasteiger partial charge in [-0.05, 0) is 26.0 Å². The molecule has 4 nitrogen and oxygen atoms in total. The number of hydrogen-bond donors (Lipinski definition) is 2. The van der Waals surface area contributed by atoms with Crippen molar-refractivity contribution in [2.45, 2.75) is 20.0 Å². The lowest BCUT2D eigenvalue weighted by molar-refractivity contribution is 0.0992. The largest absolute Gasteiger partial charge is 0.507 e. The van der Waals surface area contributed by atoms with Crippen LogP contribution in [0.15, 0.2) is 18.2 Å². The highest BCUT2D eigenvalue weighted by molar-refractivity contribution is 5.99. The number of hydrogen-bond acceptors (Lipinski definition) is 4. The first kappa shape index (κ1) is 11.5. The summed E-state index contributed by atoms with van der Waals surface area (Å²) in [5.74, 6) is -0.0808. The van der Waals surface area contributed by atoms with Gasteiger partial charge in [-0.25, -0.2) is 0 Å². The van der Waals surface area contributed by atoms with Crippen molar-refractivity contribution in [3.63, 3.8) is 0 Å². The summed E-state index contributed by atoms with van der Waals surface area (Å²) in [5.41, 5.74) is 0.151. The summed E-state index contributed by atoms with van der Waals surface area (Å²) in [6.07, 6.45) is -0.618. The van der Waals surface area contributed by atoms with Gasteiger partial charge in [0.05, 0.1) is 6.10 Å². The van der Waals surface area contributed by atoms with Crippen molar-refractivity contribution in [1.82, 2.24) is 0 Å². The van der Waals surface area contributed by atoms with Crippen LogP contribution < -0.4 is 4.74 Å². The molecule has 1 atom stereocenters. The minimum Gasteiger partial charge on any atom is -0.507 e. The van der Waals surface area contributed by atoms with Crippen molar-refractivity contribution in [3.05, 3.63) is 23.8 Å². The summed E-state index contributed by atoms with van der Waals surface area (Å²) < 4.78 is 5.21. The fourth-order valence-electron chi connectivity index (χ4n) is 1.20. The molecule has 0 saturated carbocycles. The number of phenolic OH excluding ortho intramolecular Hbond substituents is 1. The fourth-order valence-corrected chi connectivity index (χ4v) is 1.20. The van der Waals surface area contributed by atoms with Crippen LogP contribution in [0.3, 0.4) is 0 Å². The Labute approximate surface area is 88.1 Å². The second kappa shape index (κ2) is 4.79. The third-order valence-corrected chi connectivity index (χ3v) is 1.84. The maximum Gasteiger partial charge on any atom is 0.167 e. The smallest absolute Gasteiger partial charge is 0.167 e. The Morgan fingerprint density at radius 1 is 1.53 bits per heavy atom. The van der Waals surface area contributed by atoms with E-state index in [2.05, 4.69) is 0 Å². The summed E-state index contributed by atoms with van der Waals surface area (Å²) in [4.78, 5) is 11.2. The summed E-state index contributed by atoms with van der Waals surface area (Å²) in [6.45, 7) is 3.02. The SMILES string of the molecule is CC(=O)c1c(O)cccc1OC[C@H](C)O. The highest BCUT2D eigenvalue weighted by Crippen LogP contribution is 2.27. The van der Waals surface area contributed by atoms with Crippen molar-refractivity contribution in [2.24, 2.45) is 0 Å². The van der Waals surface area contributed by atoms with Crippen LogP contribution in [0, 0.1) is 0 Å². The molecule has 15 heavy (non-hydrogen) atoms. The Balaban J connectivity index is 2.96. The van der Waals surface area contributed by atoms with Crippen molar-refractivity contribution in [3.8, 4) is 11.5 Å². The fraction of sp³-hybridized carbons (Fsp3) is 0.364. The average Bonchev–Trinajstić information content (AvgIpc) is 2.13. The number of ether oxygens (including phenoxy) is 1. The van der Waals surface area contributed by atoms with Crippen molar-refractivity contribution >= 4 is 5.78 Å². The number of carbonyl (C=O) groups is 1. The summed E-state index contributed by atoms with van der Waals surface area (Å²) in [6, 6.07) is 4.59. The lowest BCUT2D eigenvalue weighted by Gasteiger charge is -2.11. The van der Waals surface area contributed by atoms with Crippen LogP contribution in [0.25, 0.3) is 0 Å². The molecule has 4 heteroatoms. The van der Waals surface area contributed by atoms with E-state index in [9.17, 15) is 9.90 Å². The third kappa shape index (κ3) is 2.95. The molecule has 0 unspecified atom stereocenters. The van der Waals surface area contributed by atoms with Crippen LogP contribution in [0.1, 0.15) is 24.2 Å². The van der Waals surface area contributed by atoms with Gasteiger partial charge in [0.15, 0.2) is 5.78 Å². The molecule has 0 radical (unpaired) electrons. The molecule has 1 aromatic carbocycles. The van der Waals surface area contributed by atoms with Gasteiger partial charge in [-0.1, -0.05) is 6.07 Å². The molecule has 0 aromatic heterocycles. The first-order valence-electron chi connectivity index (χ1n) is 4.66. The van der Waals surface area contributed by atoms with Crippen LogP contribution in [-0.2, 0) is 0 Å². The molecule has 0 fully saturated rings. The zero-order chi connectivity index (χ0) is 11.4. The standard InChI is InChI=1S/C11H14O4/c1-7(12)6-15-10-5-3-4-9(14)11(10)8(2)13/h3-5,7,12,14H,6H2,1-2H3/t7-/m0/s1. The molecule has 0 heterocycles. The number of ketones is 1. The van der Waals surface area contributed by atoms with Crippen LogP contribution in [0.4, 0.5) is 0 Å². The Bertz CT molecular complexity index is 358. The van der Waals surface area contributed by atoms with Crippen LogP contribution >= 0.6 is 0 Å². The number of benzene rings is 1. The molecule has 2 N–H and O–H groups in total. The van der Waals surface area contributed by atoms with Gasteiger partial charge < -0.3 is 14.9 Å². The summed E-state index contributed by atoms with van der Waals surface area (Å²) in [5, 5.41) is 18.5. The molecule has 0 aliphatic heterocycles. The van der Waals surface area contributed by atoms with Crippen molar-refractivity contribution < 1.29 is 19.7 Å². The normalized spacial score (nSPS) is 12.2. The third-order valence-electron chi connectivity index (χ3n) is 1.84. The van der Waals surface area contributed by atoms with E-state index >= 15 is 0 Å². The molecular formula is C11H14O4. The highest BCUT2D eigenvalue weighted by atomic mass is 16.5. The number of aromatic hydroxyl groups is 1. The molecule has 0 aliphatic carbocycles. The van der Waals surface area contributed by atoms with Crippen molar-refractivity contribution in [2.75, 3.05) is 6.61 Å². The van der Waals surface area contributed by atoms with Gasteiger partial charge in [-0.2, -0.15) is 0 Å². The van der Waals surface area contributed by atoms with Gasteiger partial charge in [0.2, 0.25) is 0 Å².